The highest BCUT2D eigenvalue weighted by Crippen LogP contribution is 2.39. The lowest BCUT2D eigenvalue weighted by molar-refractivity contribution is -0.169. The van der Waals surface area contributed by atoms with Crippen LogP contribution in [0.5, 0.6) is 0 Å². The summed E-state index contributed by atoms with van der Waals surface area (Å²) in [7, 11) is -2.11. The summed E-state index contributed by atoms with van der Waals surface area (Å²) in [5, 5.41) is 2.32. The van der Waals surface area contributed by atoms with E-state index >= 15 is 0 Å². The van der Waals surface area contributed by atoms with E-state index in [1.807, 2.05) is 55.5 Å². The van der Waals surface area contributed by atoms with E-state index in [9.17, 15) is 9.36 Å². The van der Waals surface area contributed by atoms with Gasteiger partial charge in [-0.2, -0.15) is 0 Å². The van der Waals surface area contributed by atoms with Gasteiger partial charge in [0.15, 0.2) is 5.60 Å². The van der Waals surface area contributed by atoms with Crippen LogP contribution in [0.2, 0.25) is 0 Å². The number of ether oxygens (including phenoxy) is 2. The quantitative estimate of drug-likeness (QED) is 0.174. The molecule has 2 unspecified atom stereocenters. The molecule has 0 saturated carbocycles. The standard InChI is InChI=1S/C26H31O4PS/c1-3-29-25(27)26(30-4-2,18-17-21-11-6-5-7-12-21)19-31(28)20-32-24-16-10-14-22-13-8-9-15-23(22)24/h5-16,31H,3-4,17-20H2,1-2H3. The Kier molecular flexibility index (Phi) is 9.40. The van der Waals surface area contributed by atoms with Crippen LogP contribution < -0.4 is 0 Å². The van der Waals surface area contributed by atoms with Gasteiger partial charge in [0.1, 0.15) is 0 Å². The molecule has 170 valence electrons. The highest BCUT2D eigenvalue weighted by molar-refractivity contribution is 8.04. The third-order valence-electron chi connectivity index (χ3n) is 5.35. The fraction of sp³-hybridized carbons (Fsp3) is 0.346. The first-order chi connectivity index (χ1) is 15.6. The van der Waals surface area contributed by atoms with Gasteiger partial charge >= 0.3 is 5.97 Å². The van der Waals surface area contributed by atoms with Crippen LogP contribution in [0, 0.1) is 0 Å². The Hall–Kier alpha value is -2.07. The Morgan fingerprint density at radius 2 is 1.66 bits per heavy atom. The zero-order valence-electron chi connectivity index (χ0n) is 18.7. The van der Waals surface area contributed by atoms with Crippen LogP contribution in [0.4, 0.5) is 0 Å². The SMILES string of the molecule is CCOC(=O)C(CCc1ccccc1)(C[PH](=O)CSc1cccc2ccccc12)OCC. The Balaban J connectivity index is 1.74. The number of esters is 1. The van der Waals surface area contributed by atoms with Crippen molar-refractivity contribution >= 4 is 36.3 Å². The normalized spacial score (nSPS) is 14.1. The van der Waals surface area contributed by atoms with Gasteiger partial charge in [-0.25, -0.2) is 4.79 Å². The summed E-state index contributed by atoms with van der Waals surface area (Å²) in [6.45, 7) is 4.27. The number of carbonyl (C=O) groups excluding carboxylic acids is 1. The second kappa shape index (κ2) is 12.2. The lowest BCUT2D eigenvalue weighted by Gasteiger charge is -2.31. The minimum absolute atomic E-state index is 0.189. The van der Waals surface area contributed by atoms with Crippen molar-refractivity contribution in [2.45, 2.75) is 37.2 Å². The number of benzene rings is 3. The van der Waals surface area contributed by atoms with Crippen LogP contribution in [0.3, 0.4) is 0 Å². The van der Waals surface area contributed by atoms with E-state index in [2.05, 4.69) is 24.3 Å². The fourth-order valence-corrected chi connectivity index (χ4v) is 7.07. The molecule has 6 heteroatoms. The summed E-state index contributed by atoms with van der Waals surface area (Å²) in [6.07, 6.45) is 1.29. The Morgan fingerprint density at radius 1 is 0.938 bits per heavy atom. The number of thioether (sulfide) groups is 1. The second-order valence-corrected chi connectivity index (χ2v) is 10.9. The molecule has 0 saturated heterocycles. The zero-order valence-corrected chi connectivity index (χ0v) is 20.5. The number of fused-ring (bicyclic) bond motifs is 1. The predicted molar refractivity (Wildman–Crippen MR) is 134 cm³/mol. The molecule has 0 aliphatic carbocycles. The molecule has 4 nitrogen and oxygen atoms in total. The molecule has 0 spiro atoms. The average molecular weight is 471 g/mol. The first kappa shape index (κ1) is 24.6. The molecule has 0 amide bonds. The largest absolute Gasteiger partial charge is 0.464 e. The molecule has 0 aromatic heterocycles. The van der Waals surface area contributed by atoms with Gasteiger partial charge in [-0.15, -0.1) is 11.8 Å². The van der Waals surface area contributed by atoms with Crippen molar-refractivity contribution < 1.29 is 18.8 Å². The van der Waals surface area contributed by atoms with Crippen LogP contribution >= 0.6 is 19.6 Å². The summed E-state index contributed by atoms with van der Waals surface area (Å²) in [4.78, 5) is 14.1. The smallest absolute Gasteiger partial charge is 0.338 e. The molecule has 3 rings (SSSR count). The van der Waals surface area contributed by atoms with Crippen molar-refractivity contribution in [3.63, 3.8) is 0 Å². The minimum Gasteiger partial charge on any atom is -0.464 e. The van der Waals surface area contributed by atoms with E-state index in [1.54, 1.807) is 18.7 Å². The molecule has 0 heterocycles. The van der Waals surface area contributed by atoms with Crippen molar-refractivity contribution in [3.8, 4) is 0 Å². The Labute approximate surface area is 195 Å². The third-order valence-corrected chi connectivity index (χ3v) is 8.85. The highest BCUT2D eigenvalue weighted by atomic mass is 32.2. The van der Waals surface area contributed by atoms with Crippen LogP contribution in [0.15, 0.2) is 77.7 Å². The lowest BCUT2D eigenvalue weighted by atomic mass is 9.96. The molecular formula is C26H31O4PS. The van der Waals surface area contributed by atoms with Gasteiger partial charge in [0.2, 0.25) is 0 Å². The molecule has 0 aliphatic heterocycles. The highest BCUT2D eigenvalue weighted by Gasteiger charge is 2.42. The van der Waals surface area contributed by atoms with Crippen LogP contribution in [-0.2, 0) is 25.3 Å². The summed E-state index contributed by atoms with van der Waals surface area (Å²) in [6, 6.07) is 24.3. The second-order valence-electron chi connectivity index (χ2n) is 7.61. The van der Waals surface area contributed by atoms with Gasteiger partial charge in [0, 0.05) is 23.2 Å². The van der Waals surface area contributed by atoms with Gasteiger partial charge in [-0.05, 0) is 49.1 Å². The summed E-state index contributed by atoms with van der Waals surface area (Å²) >= 11 is 1.58. The lowest BCUT2D eigenvalue weighted by Crippen LogP contribution is -2.46. The maximum Gasteiger partial charge on any atom is 0.338 e. The van der Waals surface area contributed by atoms with E-state index in [1.165, 1.54) is 0 Å². The summed E-state index contributed by atoms with van der Waals surface area (Å²) < 4.78 is 24.6. The molecule has 2 atom stereocenters. The third kappa shape index (κ3) is 6.48. The predicted octanol–water partition coefficient (Wildman–Crippen LogP) is 6.42. The fourth-order valence-electron chi connectivity index (χ4n) is 3.82. The van der Waals surface area contributed by atoms with Gasteiger partial charge in [-0.3, -0.25) is 0 Å². The average Bonchev–Trinajstić information content (AvgIpc) is 2.82. The molecule has 0 bridgehead atoms. The first-order valence-corrected chi connectivity index (χ1v) is 13.9. The molecule has 0 radical (unpaired) electrons. The molecule has 32 heavy (non-hydrogen) atoms. The monoisotopic (exact) mass is 470 g/mol. The molecule has 3 aromatic rings. The molecule has 0 aliphatic rings. The van der Waals surface area contributed by atoms with E-state index < -0.39 is 19.4 Å². The van der Waals surface area contributed by atoms with Crippen LogP contribution in [0.1, 0.15) is 25.8 Å². The number of hydrogen-bond donors (Lipinski definition) is 0. The number of carbonyl (C=O) groups is 1. The summed E-state index contributed by atoms with van der Waals surface area (Å²) in [5.41, 5.74) is 0.388. The first-order valence-electron chi connectivity index (χ1n) is 11.1. The van der Waals surface area contributed by atoms with Crippen molar-refractivity contribution in [1.29, 1.82) is 0 Å². The number of hydrogen-bond acceptors (Lipinski definition) is 5. The van der Waals surface area contributed by atoms with Gasteiger partial charge in [-0.1, -0.05) is 66.7 Å². The maximum atomic E-state index is 13.2. The van der Waals surface area contributed by atoms with Crippen LogP contribution in [-0.4, -0.2) is 36.4 Å². The molecule has 0 fully saturated rings. The van der Waals surface area contributed by atoms with Crippen LogP contribution in [0.25, 0.3) is 10.8 Å². The topological polar surface area (TPSA) is 52.6 Å². The van der Waals surface area contributed by atoms with Gasteiger partial charge in [0.25, 0.3) is 0 Å². The molecular weight excluding hydrogens is 439 g/mol. The Bertz CT molecular complexity index is 1030. The van der Waals surface area contributed by atoms with Crippen molar-refractivity contribution in [2.24, 2.45) is 0 Å². The number of rotatable bonds is 12. The minimum atomic E-state index is -2.11. The zero-order chi connectivity index (χ0) is 22.8. The van der Waals surface area contributed by atoms with Crippen molar-refractivity contribution in [2.75, 3.05) is 24.9 Å². The summed E-state index contributed by atoms with van der Waals surface area (Å²) in [5.74, 6) is -0.411. The van der Waals surface area contributed by atoms with E-state index in [0.29, 0.717) is 24.9 Å². The van der Waals surface area contributed by atoms with Crippen molar-refractivity contribution in [3.05, 3.63) is 78.4 Å². The molecule has 0 N–H and O–H groups in total. The molecule has 3 aromatic carbocycles. The number of aryl methyl sites for hydroxylation is 1. The van der Waals surface area contributed by atoms with E-state index in [-0.39, 0.29) is 12.8 Å². The van der Waals surface area contributed by atoms with E-state index in [4.69, 9.17) is 9.47 Å². The maximum absolute atomic E-state index is 13.2. The van der Waals surface area contributed by atoms with Crippen molar-refractivity contribution in [1.82, 2.24) is 0 Å². The van der Waals surface area contributed by atoms with Gasteiger partial charge in [0.05, 0.1) is 14.4 Å². The van der Waals surface area contributed by atoms with Gasteiger partial charge < -0.3 is 14.0 Å². The Morgan fingerprint density at radius 3 is 2.41 bits per heavy atom. The van der Waals surface area contributed by atoms with E-state index in [0.717, 1.165) is 21.2 Å².